The maximum Gasteiger partial charge on any atom is 0.226 e. The summed E-state index contributed by atoms with van der Waals surface area (Å²) in [4.78, 5) is 15.9. The minimum Gasteiger partial charge on any atom is -0.397 e. The molecule has 0 aliphatic carbocycles. The van der Waals surface area contributed by atoms with E-state index in [1.54, 1.807) is 18.3 Å². The van der Waals surface area contributed by atoms with Crippen molar-refractivity contribution in [1.82, 2.24) is 10.3 Å². The number of aromatic nitrogens is 1. The Hall–Kier alpha value is -1.62. The highest BCUT2D eigenvalue weighted by Crippen LogP contribution is 2.17. The van der Waals surface area contributed by atoms with Gasteiger partial charge in [0.05, 0.1) is 30.5 Å². The van der Waals surface area contributed by atoms with Crippen LogP contribution in [0, 0.1) is 0 Å². The first-order valence-electron chi connectivity index (χ1n) is 5.67. The molecule has 2 heterocycles. The Balaban J connectivity index is 1.91. The average Bonchev–Trinajstić information content (AvgIpc) is 2.68. The molecule has 5 heteroatoms. The number of nitrogens with zero attached hydrogens (tertiary/aromatic N) is 1. The molecule has 1 aromatic rings. The molecule has 1 saturated heterocycles. The van der Waals surface area contributed by atoms with Crippen LogP contribution in [0.3, 0.4) is 0 Å². The average molecular weight is 235 g/mol. The number of rotatable bonds is 3. The maximum atomic E-state index is 11.8. The number of ether oxygens (including phenoxy) is 1. The van der Waals surface area contributed by atoms with Crippen molar-refractivity contribution in [3.63, 3.8) is 0 Å². The van der Waals surface area contributed by atoms with Gasteiger partial charge in [-0.05, 0) is 25.5 Å². The van der Waals surface area contributed by atoms with Gasteiger partial charge in [0, 0.05) is 12.3 Å². The smallest absolute Gasteiger partial charge is 0.226 e. The van der Waals surface area contributed by atoms with Gasteiger partial charge in [-0.2, -0.15) is 0 Å². The van der Waals surface area contributed by atoms with Crippen LogP contribution in [0.5, 0.6) is 0 Å². The van der Waals surface area contributed by atoms with E-state index >= 15 is 0 Å². The summed E-state index contributed by atoms with van der Waals surface area (Å²) in [5.41, 5.74) is 6.62. The van der Waals surface area contributed by atoms with Crippen molar-refractivity contribution >= 4 is 11.6 Å². The van der Waals surface area contributed by atoms with Crippen LogP contribution in [0.25, 0.3) is 0 Å². The molecule has 1 fully saturated rings. The third-order valence-electron chi connectivity index (χ3n) is 2.85. The van der Waals surface area contributed by atoms with Gasteiger partial charge in [-0.25, -0.2) is 0 Å². The zero-order valence-corrected chi connectivity index (χ0v) is 9.90. The molecule has 1 aliphatic rings. The van der Waals surface area contributed by atoms with Gasteiger partial charge in [-0.1, -0.05) is 0 Å². The van der Waals surface area contributed by atoms with Crippen molar-refractivity contribution in [2.75, 3.05) is 18.9 Å². The minimum atomic E-state index is -0.231. The van der Waals surface area contributed by atoms with Crippen molar-refractivity contribution in [1.29, 1.82) is 0 Å². The van der Waals surface area contributed by atoms with Crippen LogP contribution in [0.2, 0.25) is 0 Å². The summed E-state index contributed by atoms with van der Waals surface area (Å²) in [6.07, 6.45) is 2.69. The number of pyridine rings is 1. The Morgan fingerprint density at radius 2 is 2.47 bits per heavy atom. The van der Waals surface area contributed by atoms with Crippen LogP contribution in [-0.4, -0.2) is 29.6 Å². The molecular weight excluding hydrogens is 218 g/mol. The molecule has 5 nitrogen and oxygen atoms in total. The van der Waals surface area contributed by atoms with Gasteiger partial charge in [0.15, 0.2) is 0 Å². The number of carbonyl (C=O) groups excluding carboxylic acids is 1. The third-order valence-corrected chi connectivity index (χ3v) is 2.85. The lowest BCUT2D eigenvalue weighted by atomic mass is 10.0. The van der Waals surface area contributed by atoms with Crippen molar-refractivity contribution in [2.45, 2.75) is 25.3 Å². The molecule has 0 radical (unpaired) electrons. The largest absolute Gasteiger partial charge is 0.397 e. The molecule has 17 heavy (non-hydrogen) atoms. The standard InChI is InChI=1S/C12H17N3O2/c1-12(4-5-17-8-12)15-11(16)6-10-3-2-9(13)7-14-10/h2-3,7H,4-6,8,13H2,1H3,(H,15,16). The second-order valence-electron chi connectivity index (χ2n) is 4.67. The number of carbonyl (C=O) groups is 1. The highest BCUT2D eigenvalue weighted by atomic mass is 16.5. The van der Waals surface area contributed by atoms with Crippen molar-refractivity contribution in [3.8, 4) is 0 Å². The second-order valence-corrected chi connectivity index (χ2v) is 4.67. The van der Waals surface area contributed by atoms with Crippen LogP contribution < -0.4 is 11.1 Å². The summed E-state index contributed by atoms with van der Waals surface area (Å²) < 4.78 is 5.28. The lowest BCUT2D eigenvalue weighted by Crippen LogP contribution is -2.47. The van der Waals surface area contributed by atoms with Gasteiger partial charge in [-0.3, -0.25) is 9.78 Å². The predicted octanol–water partition coefficient (Wildman–Crippen LogP) is 0.501. The lowest BCUT2D eigenvalue weighted by molar-refractivity contribution is -0.122. The van der Waals surface area contributed by atoms with Crippen LogP contribution in [-0.2, 0) is 16.0 Å². The fourth-order valence-corrected chi connectivity index (χ4v) is 1.85. The second kappa shape index (κ2) is 4.71. The van der Waals surface area contributed by atoms with E-state index in [0.717, 1.165) is 12.1 Å². The van der Waals surface area contributed by atoms with Gasteiger partial charge >= 0.3 is 0 Å². The molecule has 0 bridgehead atoms. The molecule has 92 valence electrons. The molecule has 1 aromatic heterocycles. The van der Waals surface area contributed by atoms with E-state index < -0.39 is 0 Å². The number of nitrogens with two attached hydrogens (primary N) is 1. The van der Waals surface area contributed by atoms with Crippen LogP contribution in [0.1, 0.15) is 19.0 Å². The molecule has 0 spiro atoms. The molecule has 2 rings (SSSR count). The van der Waals surface area contributed by atoms with Gasteiger partial charge in [0.1, 0.15) is 0 Å². The minimum absolute atomic E-state index is 0.0322. The van der Waals surface area contributed by atoms with Crippen molar-refractivity contribution < 1.29 is 9.53 Å². The van der Waals surface area contributed by atoms with Gasteiger partial charge < -0.3 is 15.8 Å². The van der Waals surface area contributed by atoms with Gasteiger partial charge in [0.25, 0.3) is 0 Å². The Bertz CT molecular complexity index is 397. The first kappa shape index (κ1) is 11.9. The van der Waals surface area contributed by atoms with E-state index in [9.17, 15) is 4.79 Å². The molecule has 0 saturated carbocycles. The molecule has 1 atom stereocenters. The van der Waals surface area contributed by atoms with Crippen LogP contribution in [0.4, 0.5) is 5.69 Å². The lowest BCUT2D eigenvalue weighted by Gasteiger charge is -2.23. The molecule has 0 aromatic carbocycles. The van der Waals surface area contributed by atoms with Gasteiger partial charge in [0.2, 0.25) is 5.91 Å². The third kappa shape index (κ3) is 3.17. The van der Waals surface area contributed by atoms with E-state index in [-0.39, 0.29) is 17.9 Å². The van der Waals surface area contributed by atoms with Crippen molar-refractivity contribution in [2.24, 2.45) is 0 Å². The summed E-state index contributed by atoms with van der Waals surface area (Å²) in [5.74, 6) is -0.0322. The number of nitrogen functional groups attached to an aromatic ring is 1. The summed E-state index contributed by atoms with van der Waals surface area (Å²) in [7, 11) is 0. The van der Waals surface area contributed by atoms with Crippen LogP contribution in [0.15, 0.2) is 18.3 Å². The van der Waals surface area contributed by atoms with Gasteiger partial charge in [-0.15, -0.1) is 0 Å². The zero-order chi connectivity index (χ0) is 12.3. The van der Waals surface area contributed by atoms with E-state index in [1.165, 1.54) is 0 Å². The van der Waals surface area contributed by atoms with E-state index in [4.69, 9.17) is 10.5 Å². The fraction of sp³-hybridized carbons (Fsp3) is 0.500. The molecule has 1 amide bonds. The van der Waals surface area contributed by atoms with E-state index in [2.05, 4.69) is 10.3 Å². The number of anilines is 1. The molecular formula is C12H17N3O2. The fourth-order valence-electron chi connectivity index (χ4n) is 1.85. The number of hydrogen-bond acceptors (Lipinski definition) is 4. The maximum absolute atomic E-state index is 11.8. The number of hydrogen-bond donors (Lipinski definition) is 2. The first-order chi connectivity index (χ1) is 8.07. The summed E-state index contributed by atoms with van der Waals surface area (Å²) in [5, 5.41) is 2.98. The summed E-state index contributed by atoms with van der Waals surface area (Å²) in [6, 6.07) is 3.51. The first-order valence-corrected chi connectivity index (χ1v) is 5.67. The Morgan fingerprint density at radius 3 is 3.06 bits per heavy atom. The monoisotopic (exact) mass is 235 g/mol. The summed E-state index contributed by atoms with van der Waals surface area (Å²) in [6.45, 7) is 3.28. The number of nitrogens with one attached hydrogen (secondary N) is 1. The highest BCUT2D eigenvalue weighted by molar-refractivity contribution is 5.79. The van der Waals surface area contributed by atoms with E-state index in [0.29, 0.717) is 18.9 Å². The molecule has 1 unspecified atom stereocenters. The van der Waals surface area contributed by atoms with E-state index in [1.807, 2.05) is 6.92 Å². The Morgan fingerprint density at radius 1 is 1.65 bits per heavy atom. The SMILES string of the molecule is CC1(NC(=O)Cc2ccc(N)cn2)CCOC1. The summed E-state index contributed by atoms with van der Waals surface area (Å²) >= 11 is 0. The topological polar surface area (TPSA) is 77.2 Å². The van der Waals surface area contributed by atoms with Crippen LogP contribution >= 0.6 is 0 Å². The quantitative estimate of drug-likeness (QED) is 0.800. The molecule has 3 N–H and O–H groups in total. The predicted molar refractivity (Wildman–Crippen MR) is 64.3 cm³/mol. The Labute approximate surface area is 100 Å². The molecule has 1 aliphatic heterocycles. The normalized spacial score (nSPS) is 23.6. The van der Waals surface area contributed by atoms with Crippen molar-refractivity contribution in [3.05, 3.63) is 24.0 Å². The zero-order valence-electron chi connectivity index (χ0n) is 9.90. The Kier molecular flexibility index (Phi) is 3.28. The number of amides is 1. The highest BCUT2D eigenvalue weighted by Gasteiger charge is 2.31.